The number of hydrogen-bond donors (Lipinski definition) is 1. The zero-order valence-corrected chi connectivity index (χ0v) is 12.9. The molecule has 23 heavy (non-hydrogen) atoms. The second kappa shape index (κ2) is 6.65. The van der Waals surface area contributed by atoms with Crippen LogP contribution in [-0.4, -0.2) is 19.0 Å². The van der Waals surface area contributed by atoms with Crippen molar-refractivity contribution in [3.05, 3.63) is 71.8 Å². The van der Waals surface area contributed by atoms with E-state index < -0.39 is 0 Å². The van der Waals surface area contributed by atoms with E-state index in [1.54, 1.807) is 12.1 Å². The van der Waals surface area contributed by atoms with Crippen LogP contribution in [0.2, 0.25) is 0 Å². The maximum Gasteiger partial charge on any atom is 0.309 e. The largest absolute Gasteiger partial charge is 0.469 e. The van der Waals surface area contributed by atoms with Crippen molar-refractivity contribution in [2.45, 2.75) is 12.5 Å². The van der Waals surface area contributed by atoms with Gasteiger partial charge in [-0.05, 0) is 30.0 Å². The standard InChI is InChI=1S/C19H19NO3/c1-23-19(22)16-12-15(16)17(13-8-4-2-5-9-13)20-18(21)14-10-6-3-7-11-14/h2-11,15-17H,12H2,1H3,(H,20,21)/t15-,16+,17-/m1/s1. The van der Waals surface area contributed by atoms with Crippen molar-refractivity contribution >= 4 is 11.9 Å². The van der Waals surface area contributed by atoms with Crippen molar-refractivity contribution < 1.29 is 14.3 Å². The molecule has 0 spiro atoms. The summed E-state index contributed by atoms with van der Waals surface area (Å²) in [5, 5.41) is 3.07. The molecule has 1 aliphatic carbocycles. The van der Waals surface area contributed by atoms with Crippen LogP contribution in [0.5, 0.6) is 0 Å². The first-order valence-electron chi connectivity index (χ1n) is 7.69. The number of nitrogens with one attached hydrogen (secondary N) is 1. The van der Waals surface area contributed by atoms with E-state index in [0.29, 0.717) is 5.56 Å². The van der Waals surface area contributed by atoms with Crippen LogP contribution in [0.25, 0.3) is 0 Å². The average molecular weight is 309 g/mol. The second-order valence-electron chi connectivity index (χ2n) is 5.76. The van der Waals surface area contributed by atoms with Crippen LogP contribution in [0.3, 0.4) is 0 Å². The third-order valence-corrected chi connectivity index (χ3v) is 4.25. The minimum atomic E-state index is -0.204. The van der Waals surface area contributed by atoms with Gasteiger partial charge < -0.3 is 10.1 Å². The van der Waals surface area contributed by atoms with Crippen LogP contribution in [0.4, 0.5) is 0 Å². The predicted octanol–water partition coefficient (Wildman–Crippen LogP) is 2.97. The van der Waals surface area contributed by atoms with Crippen LogP contribution < -0.4 is 5.32 Å². The Morgan fingerprint density at radius 2 is 1.65 bits per heavy atom. The number of rotatable bonds is 5. The van der Waals surface area contributed by atoms with E-state index in [1.807, 2.05) is 48.5 Å². The SMILES string of the molecule is COC(=O)[C@H]1C[C@H]1[C@H](NC(=O)c1ccccc1)c1ccccc1. The number of hydrogen-bond acceptors (Lipinski definition) is 3. The zero-order chi connectivity index (χ0) is 16.2. The van der Waals surface area contributed by atoms with Gasteiger partial charge in [-0.25, -0.2) is 0 Å². The summed E-state index contributed by atoms with van der Waals surface area (Å²) in [6, 6.07) is 18.7. The van der Waals surface area contributed by atoms with Crippen molar-refractivity contribution in [3.8, 4) is 0 Å². The summed E-state index contributed by atoms with van der Waals surface area (Å²) in [6.45, 7) is 0. The van der Waals surface area contributed by atoms with Crippen LogP contribution >= 0.6 is 0 Å². The summed E-state index contributed by atoms with van der Waals surface area (Å²) in [5.41, 5.74) is 1.62. The summed E-state index contributed by atoms with van der Waals surface area (Å²) >= 11 is 0. The first-order chi connectivity index (χ1) is 11.2. The molecule has 3 rings (SSSR count). The number of amides is 1. The molecule has 3 atom stereocenters. The Morgan fingerprint density at radius 3 is 2.26 bits per heavy atom. The van der Waals surface area contributed by atoms with Gasteiger partial charge in [-0.1, -0.05) is 48.5 Å². The van der Waals surface area contributed by atoms with E-state index in [9.17, 15) is 9.59 Å². The average Bonchev–Trinajstić information content (AvgIpc) is 3.40. The minimum Gasteiger partial charge on any atom is -0.469 e. The molecular weight excluding hydrogens is 290 g/mol. The Kier molecular flexibility index (Phi) is 4.42. The molecule has 1 N–H and O–H groups in total. The summed E-state index contributed by atoms with van der Waals surface area (Å²) in [4.78, 5) is 24.2. The molecular formula is C19H19NO3. The number of benzene rings is 2. The van der Waals surface area contributed by atoms with Crippen LogP contribution in [-0.2, 0) is 9.53 Å². The first-order valence-corrected chi connectivity index (χ1v) is 7.69. The summed E-state index contributed by atoms with van der Waals surface area (Å²) in [7, 11) is 1.40. The molecule has 4 nitrogen and oxygen atoms in total. The van der Waals surface area contributed by atoms with Crippen molar-refractivity contribution in [1.29, 1.82) is 0 Å². The topological polar surface area (TPSA) is 55.4 Å². The Labute approximate surface area is 135 Å². The van der Waals surface area contributed by atoms with Gasteiger partial charge in [-0.2, -0.15) is 0 Å². The number of carbonyl (C=O) groups is 2. The highest BCUT2D eigenvalue weighted by Crippen LogP contribution is 2.48. The molecule has 1 aliphatic rings. The first kappa shape index (κ1) is 15.3. The Morgan fingerprint density at radius 1 is 1.04 bits per heavy atom. The normalized spacial score (nSPS) is 20.4. The molecule has 0 aliphatic heterocycles. The fourth-order valence-corrected chi connectivity index (χ4v) is 2.92. The van der Waals surface area contributed by atoms with Crippen molar-refractivity contribution in [3.63, 3.8) is 0 Å². The fraction of sp³-hybridized carbons (Fsp3) is 0.263. The lowest BCUT2D eigenvalue weighted by molar-refractivity contribution is -0.142. The monoisotopic (exact) mass is 309 g/mol. The van der Waals surface area contributed by atoms with E-state index in [-0.39, 0.29) is 29.8 Å². The Bertz CT molecular complexity index is 684. The van der Waals surface area contributed by atoms with E-state index in [2.05, 4.69) is 5.32 Å². The molecule has 1 fully saturated rings. The van der Waals surface area contributed by atoms with Crippen LogP contribution in [0.1, 0.15) is 28.4 Å². The van der Waals surface area contributed by atoms with Gasteiger partial charge in [0.2, 0.25) is 0 Å². The molecule has 1 saturated carbocycles. The third kappa shape index (κ3) is 3.42. The van der Waals surface area contributed by atoms with Gasteiger partial charge in [0.15, 0.2) is 0 Å². The molecule has 1 amide bonds. The highest BCUT2D eigenvalue weighted by atomic mass is 16.5. The maximum absolute atomic E-state index is 12.5. The Hall–Kier alpha value is -2.62. The van der Waals surface area contributed by atoms with Gasteiger partial charge in [0.1, 0.15) is 0 Å². The van der Waals surface area contributed by atoms with E-state index in [0.717, 1.165) is 12.0 Å². The van der Waals surface area contributed by atoms with Crippen molar-refractivity contribution in [2.75, 3.05) is 7.11 Å². The molecule has 0 radical (unpaired) electrons. The molecule has 118 valence electrons. The summed E-state index contributed by atoms with van der Waals surface area (Å²) in [5.74, 6) is -0.390. The summed E-state index contributed by atoms with van der Waals surface area (Å²) in [6.07, 6.45) is 0.737. The molecule has 4 heteroatoms. The number of ether oxygens (including phenoxy) is 1. The predicted molar refractivity (Wildman–Crippen MR) is 86.7 cm³/mol. The molecule has 2 aromatic rings. The van der Waals surface area contributed by atoms with Gasteiger partial charge in [0.05, 0.1) is 19.1 Å². The number of esters is 1. The quantitative estimate of drug-likeness (QED) is 0.864. The number of carbonyl (C=O) groups excluding carboxylic acids is 2. The van der Waals surface area contributed by atoms with Crippen LogP contribution in [0.15, 0.2) is 60.7 Å². The Balaban J connectivity index is 1.80. The van der Waals surface area contributed by atoms with E-state index in [4.69, 9.17) is 4.74 Å². The van der Waals surface area contributed by atoms with Gasteiger partial charge in [0.25, 0.3) is 5.91 Å². The van der Waals surface area contributed by atoms with E-state index >= 15 is 0 Å². The lowest BCUT2D eigenvalue weighted by Gasteiger charge is -2.19. The molecule has 0 aromatic heterocycles. The smallest absolute Gasteiger partial charge is 0.309 e. The fourth-order valence-electron chi connectivity index (χ4n) is 2.92. The highest BCUT2D eigenvalue weighted by molar-refractivity contribution is 5.94. The highest BCUT2D eigenvalue weighted by Gasteiger charge is 2.49. The van der Waals surface area contributed by atoms with E-state index in [1.165, 1.54) is 7.11 Å². The van der Waals surface area contributed by atoms with Crippen molar-refractivity contribution in [1.82, 2.24) is 5.32 Å². The second-order valence-corrected chi connectivity index (χ2v) is 5.76. The molecule has 0 unspecified atom stereocenters. The minimum absolute atomic E-state index is 0.0810. The van der Waals surface area contributed by atoms with Crippen LogP contribution in [0, 0.1) is 11.8 Å². The maximum atomic E-state index is 12.5. The number of methoxy groups -OCH3 is 1. The van der Waals surface area contributed by atoms with Crippen molar-refractivity contribution in [2.24, 2.45) is 11.8 Å². The van der Waals surface area contributed by atoms with Gasteiger partial charge in [-0.15, -0.1) is 0 Å². The lowest BCUT2D eigenvalue weighted by Crippen LogP contribution is -2.30. The lowest BCUT2D eigenvalue weighted by atomic mass is 10.0. The molecule has 0 bridgehead atoms. The van der Waals surface area contributed by atoms with Gasteiger partial charge in [0, 0.05) is 5.56 Å². The van der Waals surface area contributed by atoms with Gasteiger partial charge in [-0.3, -0.25) is 9.59 Å². The zero-order valence-electron chi connectivity index (χ0n) is 12.9. The molecule has 0 heterocycles. The molecule has 2 aromatic carbocycles. The van der Waals surface area contributed by atoms with Gasteiger partial charge >= 0.3 is 5.97 Å². The summed E-state index contributed by atoms with van der Waals surface area (Å²) < 4.78 is 4.83. The molecule has 0 saturated heterocycles. The third-order valence-electron chi connectivity index (χ3n) is 4.25.